The van der Waals surface area contributed by atoms with Crippen LogP contribution in [0.2, 0.25) is 0 Å². The molecule has 6 nitrogen and oxygen atoms in total. The highest BCUT2D eigenvalue weighted by Gasteiger charge is 2.25. The molecule has 1 N–H and O–H groups in total. The summed E-state index contributed by atoms with van der Waals surface area (Å²) in [6.07, 6.45) is 5.92. The van der Waals surface area contributed by atoms with Crippen molar-refractivity contribution < 1.29 is 20.5 Å². The standard InChI is InChI=1S/C21H32N2O4.C2H6.H2/c1-15(2)27-13-12-26-11-10-22-21(25)20-9-8-19(14-23-20)18-6-4-17(5-7-18)16(3)24;1-2;/h8-9,14-15,17-18H,4-7,10-13H2,1-3H3,(H,22,25);1-2H3;1H. The number of carbonyl (C=O) groups is 2. The van der Waals surface area contributed by atoms with Gasteiger partial charge in [0.1, 0.15) is 11.5 Å². The fourth-order valence-electron chi connectivity index (χ4n) is 3.39. The van der Waals surface area contributed by atoms with Gasteiger partial charge in [0.2, 0.25) is 0 Å². The maximum Gasteiger partial charge on any atom is 0.269 e. The van der Waals surface area contributed by atoms with Crippen molar-refractivity contribution in [2.75, 3.05) is 26.4 Å². The lowest BCUT2D eigenvalue weighted by atomic mass is 9.78. The van der Waals surface area contributed by atoms with Crippen LogP contribution in [0, 0.1) is 5.92 Å². The number of ether oxygens (including phenoxy) is 2. The van der Waals surface area contributed by atoms with Crippen molar-refractivity contribution in [3.63, 3.8) is 0 Å². The molecule has 6 heteroatoms. The van der Waals surface area contributed by atoms with E-state index in [0.717, 1.165) is 31.2 Å². The van der Waals surface area contributed by atoms with Crippen LogP contribution in [-0.4, -0.2) is 49.1 Å². The van der Waals surface area contributed by atoms with Gasteiger partial charge in [0.25, 0.3) is 5.91 Å². The van der Waals surface area contributed by atoms with E-state index in [1.54, 1.807) is 19.2 Å². The normalized spacial score (nSPS) is 18.7. The van der Waals surface area contributed by atoms with Gasteiger partial charge in [-0.05, 0) is 64.0 Å². The molecule has 1 amide bonds. The highest BCUT2D eigenvalue weighted by Crippen LogP contribution is 2.35. The lowest BCUT2D eigenvalue weighted by molar-refractivity contribution is -0.121. The van der Waals surface area contributed by atoms with E-state index in [4.69, 9.17) is 9.47 Å². The Bertz CT molecular complexity index is 600. The summed E-state index contributed by atoms with van der Waals surface area (Å²) in [6, 6.07) is 3.76. The molecule has 1 aliphatic rings. The minimum atomic E-state index is -0.191. The van der Waals surface area contributed by atoms with E-state index in [1.807, 2.05) is 33.8 Å². The molecule has 0 unspecified atom stereocenters. The van der Waals surface area contributed by atoms with Gasteiger partial charge in [-0.15, -0.1) is 0 Å². The number of hydrogen-bond donors (Lipinski definition) is 1. The average molecular weight is 409 g/mol. The number of pyridine rings is 1. The van der Waals surface area contributed by atoms with Crippen molar-refractivity contribution in [1.29, 1.82) is 0 Å². The third-order valence-corrected chi connectivity index (χ3v) is 5.00. The zero-order chi connectivity index (χ0) is 21.6. The first-order valence-electron chi connectivity index (χ1n) is 10.9. The summed E-state index contributed by atoms with van der Waals surface area (Å²) >= 11 is 0. The summed E-state index contributed by atoms with van der Waals surface area (Å²) in [7, 11) is 0. The second-order valence-electron chi connectivity index (χ2n) is 7.42. The van der Waals surface area contributed by atoms with Crippen LogP contribution in [0.3, 0.4) is 0 Å². The van der Waals surface area contributed by atoms with E-state index in [2.05, 4.69) is 10.3 Å². The molecule has 1 saturated carbocycles. The Morgan fingerprint density at radius 1 is 1.14 bits per heavy atom. The SMILES string of the molecule is CC.CC(=O)C1CCC(c2ccc(C(=O)NCCOCCOC(C)C)nc2)CC1.[HH]. The molecule has 1 aromatic rings. The van der Waals surface area contributed by atoms with Gasteiger partial charge >= 0.3 is 0 Å². The molecule has 0 bridgehead atoms. The summed E-state index contributed by atoms with van der Waals surface area (Å²) in [5.41, 5.74) is 1.57. The van der Waals surface area contributed by atoms with Crippen molar-refractivity contribution in [2.24, 2.45) is 5.92 Å². The Kier molecular flexibility index (Phi) is 12.4. The van der Waals surface area contributed by atoms with Crippen LogP contribution in [0.1, 0.15) is 83.7 Å². The third-order valence-electron chi connectivity index (χ3n) is 5.00. The minimum Gasteiger partial charge on any atom is -0.377 e. The quantitative estimate of drug-likeness (QED) is 0.581. The maximum absolute atomic E-state index is 12.1. The number of carbonyl (C=O) groups excluding carboxylic acids is 2. The first-order chi connectivity index (χ1) is 14.0. The van der Waals surface area contributed by atoms with E-state index >= 15 is 0 Å². The number of aromatic nitrogens is 1. The molecule has 0 radical (unpaired) electrons. The highest BCUT2D eigenvalue weighted by molar-refractivity contribution is 5.92. The predicted molar refractivity (Wildman–Crippen MR) is 117 cm³/mol. The minimum absolute atomic E-state index is 0. The average Bonchev–Trinajstić information content (AvgIpc) is 2.74. The lowest BCUT2D eigenvalue weighted by Gasteiger charge is -2.27. The molecular formula is C23H40N2O4. The fraction of sp³-hybridized carbons (Fsp3) is 0.696. The number of hydrogen-bond acceptors (Lipinski definition) is 5. The number of rotatable bonds is 10. The van der Waals surface area contributed by atoms with Crippen molar-refractivity contribution in [2.45, 2.75) is 72.3 Å². The summed E-state index contributed by atoms with van der Waals surface area (Å²) in [6.45, 7) is 11.6. The van der Waals surface area contributed by atoms with Gasteiger partial charge in [-0.25, -0.2) is 0 Å². The molecule has 0 atom stereocenters. The van der Waals surface area contributed by atoms with Crippen LogP contribution in [0.25, 0.3) is 0 Å². The van der Waals surface area contributed by atoms with E-state index in [9.17, 15) is 9.59 Å². The molecule has 166 valence electrons. The van der Waals surface area contributed by atoms with Crippen molar-refractivity contribution in [3.8, 4) is 0 Å². The molecule has 0 aromatic carbocycles. The number of nitrogens with one attached hydrogen (secondary N) is 1. The summed E-state index contributed by atoms with van der Waals surface area (Å²) in [5, 5.41) is 2.81. The summed E-state index contributed by atoms with van der Waals surface area (Å²) in [4.78, 5) is 27.9. The molecule has 2 rings (SSSR count). The third kappa shape index (κ3) is 9.50. The second kappa shape index (κ2) is 14.2. The van der Waals surface area contributed by atoms with Gasteiger partial charge in [0.15, 0.2) is 0 Å². The van der Waals surface area contributed by atoms with Crippen LogP contribution < -0.4 is 5.32 Å². The van der Waals surface area contributed by atoms with Crippen molar-refractivity contribution in [3.05, 3.63) is 29.6 Å². The Morgan fingerprint density at radius 3 is 2.38 bits per heavy atom. The van der Waals surface area contributed by atoms with Gasteiger partial charge in [0.05, 0.1) is 25.9 Å². The van der Waals surface area contributed by atoms with Crippen LogP contribution in [0.15, 0.2) is 18.3 Å². The molecule has 1 aliphatic carbocycles. The molecule has 1 heterocycles. The van der Waals surface area contributed by atoms with Crippen LogP contribution in [0.4, 0.5) is 0 Å². The van der Waals surface area contributed by atoms with Crippen molar-refractivity contribution >= 4 is 11.7 Å². The number of Topliss-reactive ketones (excluding diaryl/α,β-unsaturated/α-hetero) is 1. The number of amides is 1. The maximum atomic E-state index is 12.1. The van der Waals surface area contributed by atoms with Gasteiger partial charge < -0.3 is 14.8 Å². The number of nitrogens with zero attached hydrogens (tertiary/aromatic N) is 1. The number of ketones is 1. The van der Waals surface area contributed by atoms with E-state index in [0.29, 0.717) is 43.8 Å². The molecule has 0 spiro atoms. The topological polar surface area (TPSA) is 77.5 Å². The summed E-state index contributed by atoms with van der Waals surface area (Å²) < 4.78 is 10.8. The fourth-order valence-corrected chi connectivity index (χ4v) is 3.39. The highest BCUT2D eigenvalue weighted by atomic mass is 16.5. The Morgan fingerprint density at radius 2 is 1.83 bits per heavy atom. The Hall–Kier alpha value is -1.79. The zero-order valence-corrected chi connectivity index (χ0v) is 18.7. The molecule has 0 aliphatic heterocycles. The van der Waals surface area contributed by atoms with E-state index in [-0.39, 0.29) is 19.4 Å². The van der Waals surface area contributed by atoms with E-state index < -0.39 is 0 Å². The van der Waals surface area contributed by atoms with Crippen LogP contribution in [0.5, 0.6) is 0 Å². The smallest absolute Gasteiger partial charge is 0.269 e. The first kappa shape index (κ1) is 25.2. The van der Waals surface area contributed by atoms with Crippen LogP contribution in [-0.2, 0) is 14.3 Å². The zero-order valence-electron chi connectivity index (χ0n) is 18.7. The van der Waals surface area contributed by atoms with E-state index in [1.165, 1.54) is 0 Å². The summed E-state index contributed by atoms with van der Waals surface area (Å²) in [5.74, 6) is 0.768. The molecule has 29 heavy (non-hydrogen) atoms. The first-order valence-corrected chi connectivity index (χ1v) is 10.9. The Labute approximate surface area is 177 Å². The van der Waals surface area contributed by atoms with Gasteiger partial charge in [-0.3, -0.25) is 14.6 Å². The van der Waals surface area contributed by atoms with Gasteiger partial charge in [-0.2, -0.15) is 0 Å². The predicted octanol–water partition coefficient (Wildman–Crippen LogP) is 4.39. The Balaban J connectivity index is 0.00000272. The van der Waals surface area contributed by atoms with Crippen molar-refractivity contribution in [1.82, 2.24) is 10.3 Å². The molecule has 1 aromatic heterocycles. The monoisotopic (exact) mass is 408 g/mol. The molecule has 0 saturated heterocycles. The molecule has 1 fully saturated rings. The van der Waals surface area contributed by atoms with Gasteiger partial charge in [0, 0.05) is 20.1 Å². The van der Waals surface area contributed by atoms with Gasteiger partial charge in [-0.1, -0.05) is 19.9 Å². The lowest BCUT2D eigenvalue weighted by Crippen LogP contribution is -2.28. The molecular weight excluding hydrogens is 368 g/mol. The van der Waals surface area contributed by atoms with Crippen LogP contribution >= 0.6 is 0 Å². The second-order valence-corrected chi connectivity index (χ2v) is 7.42. The largest absolute Gasteiger partial charge is 0.377 e.